The molecule has 0 aliphatic carbocycles. The van der Waals surface area contributed by atoms with E-state index in [0.29, 0.717) is 12.1 Å². The zero-order valence-corrected chi connectivity index (χ0v) is 16.4. The molecule has 0 aliphatic heterocycles. The minimum Gasteiger partial charge on any atom is -0.396 e. The fourth-order valence-electron chi connectivity index (χ4n) is 3.16. The largest absolute Gasteiger partial charge is 0.396 e. The lowest BCUT2D eigenvalue weighted by Gasteiger charge is -2.08. The molecular weight excluding hydrogens is 362 g/mol. The summed E-state index contributed by atoms with van der Waals surface area (Å²) in [5.74, 6) is 0. The Bertz CT molecular complexity index is 1040. The van der Waals surface area contributed by atoms with Crippen LogP contribution in [0.5, 0.6) is 0 Å². The van der Waals surface area contributed by atoms with E-state index in [2.05, 4.69) is 9.82 Å². The Balaban J connectivity index is 1.94. The number of benzene rings is 2. The normalized spacial score (nSPS) is 11.6. The van der Waals surface area contributed by atoms with Gasteiger partial charge >= 0.3 is 0 Å². The fourth-order valence-corrected chi connectivity index (χ4v) is 3.73. The first-order chi connectivity index (χ1) is 12.8. The van der Waals surface area contributed by atoms with Crippen molar-refractivity contribution < 1.29 is 13.5 Å². The fraction of sp³-hybridized carbons (Fsp3) is 0.250. The standard InChI is InChI=1S/C20H23N3O3S/c1-14-20(17-6-8-18(9-7-17)22-27(3,25)26)15(2)23(21-14)19-10-4-16(5-11-19)12-13-24/h4-11,22,24H,12-13H2,1-3H3. The smallest absolute Gasteiger partial charge is 0.229 e. The van der Waals surface area contributed by atoms with Gasteiger partial charge in [0, 0.05) is 23.6 Å². The molecule has 0 unspecified atom stereocenters. The summed E-state index contributed by atoms with van der Waals surface area (Å²) in [6.07, 6.45) is 1.77. The molecule has 0 aliphatic rings. The Morgan fingerprint density at radius 1 is 1.04 bits per heavy atom. The second kappa shape index (κ2) is 7.54. The number of aliphatic hydroxyl groups excluding tert-OH is 1. The van der Waals surface area contributed by atoms with E-state index in [4.69, 9.17) is 5.11 Å². The number of sulfonamides is 1. The average Bonchev–Trinajstić information content (AvgIpc) is 2.90. The number of nitrogens with zero attached hydrogens (tertiary/aromatic N) is 2. The number of anilines is 1. The third kappa shape index (κ3) is 4.37. The lowest BCUT2D eigenvalue weighted by Crippen LogP contribution is -2.09. The van der Waals surface area contributed by atoms with Crippen LogP contribution < -0.4 is 4.72 Å². The number of aromatic nitrogens is 2. The van der Waals surface area contributed by atoms with Crippen molar-refractivity contribution in [2.45, 2.75) is 20.3 Å². The van der Waals surface area contributed by atoms with Gasteiger partial charge in [0.15, 0.2) is 0 Å². The van der Waals surface area contributed by atoms with Crippen LogP contribution in [0.15, 0.2) is 48.5 Å². The highest BCUT2D eigenvalue weighted by molar-refractivity contribution is 7.92. The molecule has 0 atom stereocenters. The SMILES string of the molecule is Cc1nn(-c2ccc(CCO)cc2)c(C)c1-c1ccc(NS(C)(=O)=O)cc1. The summed E-state index contributed by atoms with van der Waals surface area (Å²) >= 11 is 0. The molecule has 0 saturated heterocycles. The van der Waals surface area contributed by atoms with Crippen LogP contribution in [0.3, 0.4) is 0 Å². The summed E-state index contributed by atoms with van der Waals surface area (Å²) in [7, 11) is -3.29. The molecule has 0 amide bonds. The molecule has 0 radical (unpaired) electrons. The van der Waals surface area contributed by atoms with E-state index in [1.807, 2.05) is 54.9 Å². The molecule has 0 saturated carbocycles. The van der Waals surface area contributed by atoms with E-state index in [0.717, 1.165) is 40.0 Å². The van der Waals surface area contributed by atoms with E-state index >= 15 is 0 Å². The first-order valence-electron chi connectivity index (χ1n) is 8.63. The molecule has 1 heterocycles. The van der Waals surface area contributed by atoms with Crippen LogP contribution in [-0.2, 0) is 16.4 Å². The maximum Gasteiger partial charge on any atom is 0.229 e. The van der Waals surface area contributed by atoms with E-state index < -0.39 is 10.0 Å². The van der Waals surface area contributed by atoms with Crippen LogP contribution >= 0.6 is 0 Å². The number of aryl methyl sites for hydroxylation is 1. The molecular formula is C20H23N3O3S. The summed E-state index contributed by atoms with van der Waals surface area (Å²) in [5.41, 5.74) is 6.48. The van der Waals surface area contributed by atoms with Crippen LogP contribution in [0.2, 0.25) is 0 Å². The molecule has 27 heavy (non-hydrogen) atoms. The molecule has 142 valence electrons. The van der Waals surface area contributed by atoms with Crippen LogP contribution in [0, 0.1) is 13.8 Å². The number of rotatable bonds is 6. The molecule has 0 fully saturated rings. The molecule has 1 aromatic heterocycles. The van der Waals surface area contributed by atoms with E-state index in [-0.39, 0.29) is 6.61 Å². The van der Waals surface area contributed by atoms with Crippen molar-refractivity contribution in [3.8, 4) is 16.8 Å². The summed E-state index contributed by atoms with van der Waals surface area (Å²) in [6.45, 7) is 4.11. The molecule has 0 bridgehead atoms. The van der Waals surface area contributed by atoms with Gasteiger partial charge in [-0.2, -0.15) is 5.10 Å². The number of aliphatic hydroxyl groups is 1. The van der Waals surface area contributed by atoms with Crippen LogP contribution in [-0.4, -0.2) is 36.2 Å². The van der Waals surface area contributed by atoms with Crippen molar-refractivity contribution >= 4 is 15.7 Å². The Hall–Kier alpha value is -2.64. The first-order valence-corrected chi connectivity index (χ1v) is 10.5. The van der Waals surface area contributed by atoms with E-state index in [9.17, 15) is 8.42 Å². The molecule has 0 spiro atoms. The Morgan fingerprint density at radius 3 is 2.22 bits per heavy atom. The van der Waals surface area contributed by atoms with Crippen molar-refractivity contribution in [1.82, 2.24) is 9.78 Å². The third-order valence-electron chi connectivity index (χ3n) is 4.35. The first kappa shape index (κ1) is 19.1. The summed E-state index contributed by atoms with van der Waals surface area (Å²) in [5, 5.41) is 13.7. The maximum absolute atomic E-state index is 11.4. The monoisotopic (exact) mass is 385 g/mol. The highest BCUT2D eigenvalue weighted by Crippen LogP contribution is 2.29. The van der Waals surface area contributed by atoms with Gasteiger partial charge in [0.25, 0.3) is 0 Å². The summed E-state index contributed by atoms with van der Waals surface area (Å²) < 4.78 is 27.1. The predicted octanol–water partition coefficient (Wildman–Crippen LogP) is 3.06. The molecule has 3 aromatic rings. The zero-order valence-electron chi connectivity index (χ0n) is 15.6. The third-order valence-corrected chi connectivity index (χ3v) is 4.96. The molecule has 6 nitrogen and oxygen atoms in total. The van der Waals surface area contributed by atoms with E-state index in [1.165, 1.54) is 0 Å². The van der Waals surface area contributed by atoms with Crippen LogP contribution in [0.4, 0.5) is 5.69 Å². The van der Waals surface area contributed by atoms with Crippen molar-refractivity contribution in [1.29, 1.82) is 0 Å². The summed E-state index contributed by atoms with van der Waals surface area (Å²) in [6, 6.07) is 15.2. The van der Waals surface area contributed by atoms with Gasteiger partial charge in [-0.15, -0.1) is 0 Å². The summed E-state index contributed by atoms with van der Waals surface area (Å²) in [4.78, 5) is 0. The van der Waals surface area contributed by atoms with Crippen molar-refractivity contribution in [3.05, 3.63) is 65.5 Å². The predicted molar refractivity (Wildman–Crippen MR) is 108 cm³/mol. The molecule has 7 heteroatoms. The maximum atomic E-state index is 11.4. The highest BCUT2D eigenvalue weighted by atomic mass is 32.2. The lowest BCUT2D eigenvalue weighted by atomic mass is 10.0. The van der Waals surface area contributed by atoms with Gasteiger partial charge in [-0.05, 0) is 55.7 Å². The number of nitrogens with one attached hydrogen (secondary N) is 1. The Kier molecular flexibility index (Phi) is 5.34. The van der Waals surface area contributed by atoms with Crippen LogP contribution in [0.1, 0.15) is 17.0 Å². The minimum absolute atomic E-state index is 0.133. The van der Waals surface area contributed by atoms with Crippen molar-refractivity contribution in [3.63, 3.8) is 0 Å². The second-order valence-electron chi connectivity index (χ2n) is 6.55. The Morgan fingerprint density at radius 2 is 1.67 bits per heavy atom. The quantitative estimate of drug-likeness (QED) is 0.683. The van der Waals surface area contributed by atoms with Gasteiger partial charge in [0.05, 0.1) is 17.6 Å². The van der Waals surface area contributed by atoms with Gasteiger partial charge in [0.2, 0.25) is 10.0 Å². The van der Waals surface area contributed by atoms with E-state index in [1.54, 1.807) is 12.1 Å². The molecule has 2 aromatic carbocycles. The topological polar surface area (TPSA) is 84.2 Å². The van der Waals surface area contributed by atoms with Crippen molar-refractivity contribution in [2.24, 2.45) is 0 Å². The zero-order chi connectivity index (χ0) is 19.6. The van der Waals surface area contributed by atoms with Crippen molar-refractivity contribution in [2.75, 3.05) is 17.6 Å². The average molecular weight is 385 g/mol. The van der Waals surface area contributed by atoms with Crippen LogP contribution in [0.25, 0.3) is 16.8 Å². The molecule has 2 N–H and O–H groups in total. The highest BCUT2D eigenvalue weighted by Gasteiger charge is 2.15. The Labute approximate surface area is 159 Å². The van der Waals surface area contributed by atoms with Gasteiger partial charge in [-0.1, -0.05) is 24.3 Å². The van der Waals surface area contributed by atoms with Gasteiger partial charge in [-0.3, -0.25) is 4.72 Å². The molecule has 3 rings (SSSR count). The number of hydrogen-bond acceptors (Lipinski definition) is 4. The van der Waals surface area contributed by atoms with Gasteiger partial charge in [0.1, 0.15) is 0 Å². The minimum atomic E-state index is -3.29. The lowest BCUT2D eigenvalue weighted by molar-refractivity contribution is 0.299. The van der Waals surface area contributed by atoms with Gasteiger partial charge < -0.3 is 5.11 Å². The number of hydrogen-bond donors (Lipinski definition) is 2. The van der Waals surface area contributed by atoms with Gasteiger partial charge in [-0.25, -0.2) is 13.1 Å². The second-order valence-corrected chi connectivity index (χ2v) is 8.30.